The molecule has 2 rings (SSSR count). The monoisotopic (exact) mass is 320 g/mol. The van der Waals surface area contributed by atoms with Gasteiger partial charge in [0.2, 0.25) is 11.8 Å². The molecule has 0 radical (unpaired) electrons. The maximum absolute atomic E-state index is 13.6. The number of nitrogens with zero attached hydrogens (tertiary/aromatic N) is 1. The molecule has 1 aromatic carbocycles. The Morgan fingerprint density at radius 2 is 2.09 bits per heavy atom. The number of nitrogens with one attached hydrogen (secondary N) is 1. The van der Waals surface area contributed by atoms with Crippen LogP contribution >= 0.6 is 0 Å². The molecule has 0 saturated carbocycles. The summed E-state index contributed by atoms with van der Waals surface area (Å²) >= 11 is 0. The Kier molecular flexibility index (Phi) is 5.74. The van der Waals surface area contributed by atoms with Gasteiger partial charge in [-0.05, 0) is 24.1 Å². The zero-order valence-corrected chi connectivity index (χ0v) is 14.0. The van der Waals surface area contributed by atoms with Crippen LogP contribution in [0, 0.1) is 17.7 Å². The molecule has 0 aromatic heterocycles. The van der Waals surface area contributed by atoms with Crippen molar-refractivity contribution in [3.63, 3.8) is 0 Å². The van der Waals surface area contributed by atoms with Crippen LogP contribution in [-0.2, 0) is 9.59 Å². The molecule has 126 valence electrons. The van der Waals surface area contributed by atoms with Crippen LogP contribution in [0.3, 0.4) is 0 Å². The van der Waals surface area contributed by atoms with Crippen LogP contribution in [0.4, 0.5) is 4.39 Å². The normalized spacial score (nSPS) is 20.8. The minimum Gasteiger partial charge on any atom is -0.356 e. The first kappa shape index (κ1) is 17.4. The molecule has 1 aromatic rings. The van der Waals surface area contributed by atoms with Crippen molar-refractivity contribution in [2.24, 2.45) is 11.8 Å². The van der Waals surface area contributed by atoms with Crippen LogP contribution in [0.1, 0.15) is 38.7 Å². The highest BCUT2D eigenvalue weighted by Crippen LogP contribution is 2.34. The van der Waals surface area contributed by atoms with Gasteiger partial charge in [-0.3, -0.25) is 9.59 Å². The van der Waals surface area contributed by atoms with E-state index in [-0.39, 0.29) is 35.4 Å². The lowest BCUT2D eigenvalue weighted by molar-refractivity contribution is -0.133. The quantitative estimate of drug-likeness (QED) is 0.906. The summed E-state index contributed by atoms with van der Waals surface area (Å²) in [5.41, 5.74) is 0.778. The van der Waals surface area contributed by atoms with Crippen LogP contribution in [0.15, 0.2) is 24.3 Å². The lowest BCUT2D eigenvalue weighted by atomic mass is 9.88. The van der Waals surface area contributed by atoms with Crippen molar-refractivity contribution < 1.29 is 14.0 Å². The Hall–Kier alpha value is -1.91. The van der Waals surface area contributed by atoms with E-state index in [1.165, 1.54) is 12.1 Å². The molecule has 0 spiro atoms. The van der Waals surface area contributed by atoms with Gasteiger partial charge in [-0.2, -0.15) is 0 Å². The number of benzene rings is 1. The number of rotatable bonds is 5. The zero-order chi connectivity index (χ0) is 17.0. The molecule has 0 unspecified atom stereocenters. The summed E-state index contributed by atoms with van der Waals surface area (Å²) in [4.78, 5) is 26.5. The molecule has 0 aliphatic carbocycles. The number of hydrogen-bond acceptors (Lipinski definition) is 2. The molecule has 0 bridgehead atoms. The largest absolute Gasteiger partial charge is 0.356 e. The minimum absolute atomic E-state index is 0.0391. The molecular weight excluding hydrogens is 295 g/mol. The molecule has 1 saturated heterocycles. The first-order valence-corrected chi connectivity index (χ1v) is 8.26. The summed E-state index contributed by atoms with van der Waals surface area (Å²) in [6.45, 7) is 7.17. The van der Waals surface area contributed by atoms with E-state index >= 15 is 0 Å². The van der Waals surface area contributed by atoms with E-state index < -0.39 is 0 Å². The molecule has 1 heterocycles. The molecule has 2 amide bonds. The molecule has 4 nitrogen and oxygen atoms in total. The number of amides is 2. The van der Waals surface area contributed by atoms with E-state index in [2.05, 4.69) is 5.32 Å². The standard InChI is InChI=1S/C18H25FN2O2/c1-4-8-20-17(22)16-11-21(18(23)12(2)3)10-15(16)13-6-5-7-14(19)9-13/h5-7,9,12,15-16H,4,8,10-11H2,1-3H3,(H,20,22)/t15-,16-/m1/s1. The Morgan fingerprint density at radius 1 is 1.35 bits per heavy atom. The fourth-order valence-electron chi connectivity index (χ4n) is 3.07. The first-order chi connectivity index (χ1) is 10.9. The summed E-state index contributed by atoms with van der Waals surface area (Å²) in [7, 11) is 0. The van der Waals surface area contributed by atoms with Crippen molar-refractivity contribution in [2.75, 3.05) is 19.6 Å². The van der Waals surface area contributed by atoms with E-state index in [1.54, 1.807) is 11.0 Å². The van der Waals surface area contributed by atoms with Crippen LogP contribution in [-0.4, -0.2) is 36.3 Å². The summed E-state index contributed by atoms with van der Waals surface area (Å²) in [6, 6.07) is 6.34. The Bertz CT molecular complexity index is 574. The number of likely N-dealkylation sites (tertiary alicyclic amines) is 1. The molecular formula is C18H25FN2O2. The summed E-state index contributed by atoms with van der Waals surface area (Å²) < 4.78 is 13.6. The van der Waals surface area contributed by atoms with Crippen LogP contribution in [0.25, 0.3) is 0 Å². The molecule has 1 aliphatic heterocycles. The molecule has 1 fully saturated rings. The van der Waals surface area contributed by atoms with Crippen LogP contribution in [0.5, 0.6) is 0 Å². The number of hydrogen-bond donors (Lipinski definition) is 1. The third-order valence-electron chi connectivity index (χ3n) is 4.29. The molecule has 5 heteroatoms. The molecule has 23 heavy (non-hydrogen) atoms. The molecule has 1 aliphatic rings. The minimum atomic E-state index is -0.328. The van der Waals surface area contributed by atoms with Gasteiger partial charge >= 0.3 is 0 Å². The number of carbonyl (C=O) groups is 2. The lowest BCUT2D eigenvalue weighted by Crippen LogP contribution is -2.36. The van der Waals surface area contributed by atoms with Crippen LogP contribution < -0.4 is 5.32 Å². The van der Waals surface area contributed by atoms with Crippen molar-refractivity contribution in [1.29, 1.82) is 0 Å². The molecule has 2 atom stereocenters. The van der Waals surface area contributed by atoms with Gasteiger partial charge in [0.05, 0.1) is 5.92 Å². The van der Waals surface area contributed by atoms with E-state index in [0.29, 0.717) is 19.6 Å². The Morgan fingerprint density at radius 3 is 2.70 bits per heavy atom. The van der Waals surface area contributed by atoms with Gasteiger partial charge in [-0.1, -0.05) is 32.9 Å². The van der Waals surface area contributed by atoms with E-state index in [1.807, 2.05) is 26.8 Å². The van der Waals surface area contributed by atoms with Gasteiger partial charge in [0.25, 0.3) is 0 Å². The Balaban J connectivity index is 2.24. The van der Waals surface area contributed by atoms with Crippen molar-refractivity contribution in [1.82, 2.24) is 10.2 Å². The highest BCUT2D eigenvalue weighted by atomic mass is 19.1. The van der Waals surface area contributed by atoms with E-state index in [0.717, 1.165) is 12.0 Å². The van der Waals surface area contributed by atoms with Crippen molar-refractivity contribution in [3.05, 3.63) is 35.6 Å². The van der Waals surface area contributed by atoms with Crippen molar-refractivity contribution in [3.8, 4) is 0 Å². The summed E-state index contributed by atoms with van der Waals surface area (Å²) in [5.74, 6) is -0.932. The second-order valence-electron chi connectivity index (χ2n) is 6.46. The van der Waals surface area contributed by atoms with Gasteiger partial charge < -0.3 is 10.2 Å². The van der Waals surface area contributed by atoms with Gasteiger partial charge in [0.15, 0.2) is 0 Å². The molecule has 1 N–H and O–H groups in total. The summed E-state index contributed by atoms with van der Waals surface area (Å²) in [5, 5.41) is 2.91. The maximum atomic E-state index is 13.6. The average molecular weight is 320 g/mol. The third kappa shape index (κ3) is 4.09. The van der Waals surface area contributed by atoms with Gasteiger partial charge in [0.1, 0.15) is 5.82 Å². The fraction of sp³-hybridized carbons (Fsp3) is 0.556. The predicted molar refractivity (Wildman–Crippen MR) is 87.3 cm³/mol. The average Bonchev–Trinajstić information content (AvgIpc) is 2.97. The SMILES string of the molecule is CCCNC(=O)[C@@H]1CN(C(=O)C(C)C)C[C@@H]1c1cccc(F)c1. The van der Waals surface area contributed by atoms with Gasteiger partial charge in [-0.25, -0.2) is 4.39 Å². The summed E-state index contributed by atoms with van der Waals surface area (Å²) in [6.07, 6.45) is 0.859. The fourth-order valence-corrected chi connectivity index (χ4v) is 3.07. The second kappa shape index (κ2) is 7.57. The highest BCUT2D eigenvalue weighted by Gasteiger charge is 2.40. The van der Waals surface area contributed by atoms with Gasteiger partial charge in [-0.15, -0.1) is 0 Å². The Labute approximate surface area is 137 Å². The topological polar surface area (TPSA) is 49.4 Å². The zero-order valence-electron chi connectivity index (χ0n) is 14.0. The smallest absolute Gasteiger partial charge is 0.225 e. The first-order valence-electron chi connectivity index (χ1n) is 8.26. The van der Waals surface area contributed by atoms with E-state index in [9.17, 15) is 14.0 Å². The maximum Gasteiger partial charge on any atom is 0.225 e. The number of carbonyl (C=O) groups excluding carboxylic acids is 2. The lowest BCUT2D eigenvalue weighted by Gasteiger charge is -2.18. The van der Waals surface area contributed by atoms with Crippen molar-refractivity contribution >= 4 is 11.8 Å². The van der Waals surface area contributed by atoms with Gasteiger partial charge in [0, 0.05) is 31.5 Å². The predicted octanol–water partition coefficient (Wildman–Crippen LogP) is 2.55. The number of halogens is 1. The second-order valence-corrected chi connectivity index (χ2v) is 6.46. The highest BCUT2D eigenvalue weighted by molar-refractivity contribution is 5.84. The van der Waals surface area contributed by atoms with E-state index in [4.69, 9.17) is 0 Å². The van der Waals surface area contributed by atoms with Crippen molar-refractivity contribution in [2.45, 2.75) is 33.1 Å². The third-order valence-corrected chi connectivity index (χ3v) is 4.29. The van der Waals surface area contributed by atoms with Crippen LogP contribution in [0.2, 0.25) is 0 Å².